The molecule has 1 amide bonds. The van der Waals surface area contributed by atoms with Crippen LogP contribution in [0, 0.1) is 10.1 Å². The lowest BCUT2D eigenvalue weighted by Crippen LogP contribution is -2.33. The van der Waals surface area contributed by atoms with E-state index in [2.05, 4.69) is 5.32 Å². The second kappa shape index (κ2) is 6.05. The summed E-state index contributed by atoms with van der Waals surface area (Å²) in [6, 6.07) is 1.94. The van der Waals surface area contributed by atoms with Gasteiger partial charge in [0.1, 0.15) is 5.69 Å². The number of anilines is 1. The van der Waals surface area contributed by atoms with Crippen molar-refractivity contribution in [3.05, 3.63) is 33.9 Å². The molecule has 1 aliphatic rings. The molecule has 1 heterocycles. The number of likely N-dealkylation sites (tertiary alicyclic amines) is 1. The van der Waals surface area contributed by atoms with Crippen molar-refractivity contribution in [1.29, 1.82) is 0 Å². The van der Waals surface area contributed by atoms with Crippen LogP contribution in [-0.4, -0.2) is 34.4 Å². The Morgan fingerprint density at radius 3 is 2.52 bits per heavy atom. The summed E-state index contributed by atoms with van der Waals surface area (Å²) in [4.78, 5) is 23.6. The molecule has 0 bridgehead atoms. The molecular formula is C14H16F3N3O3. The molecule has 1 aromatic carbocycles. The first-order valence-electron chi connectivity index (χ1n) is 7.01. The predicted molar refractivity (Wildman–Crippen MR) is 77.0 cm³/mol. The number of halogens is 3. The summed E-state index contributed by atoms with van der Waals surface area (Å²) in [6.45, 7) is 4.05. The Kier molecular flexibility index (Phi) is 4.49. The van der Waals surface area contributed by atoms with Crippen LogP contribution in [0.4, 0.5) is 24.5 Å². The highest BCUT2D eigenvalue weighted by Gasteiger charge is 2.35. The fraction of sp³-hybridized carbons (Fsp3) is 0.500. The van der Waals surface area contributed by atoms with E-state index in [0.29, 0.717) is 12.6 Å². The van der Waals surface area contributed by atoms with Gasteiger partial charge < -0.3 is 10.2 Å². The van der Waals surface area contributed by atoms with Crippen LogP contribution < -0.4 is 5.32 Å². The fourth-order valence-corrected chi connectivity index (χ4v) is 2.53. The highest BCUT2D eigenvalue weighted by molar-refractivity contribution is 5.80. The van der Waals surface area contributed by atoms with Crippen LogP contribution in [0.5, 0.6) is 0 Å². The van der Waals surface area contributed by atoms with Crippen LogP contribution in [0.1, 0.15) is 25.8 Å². The van der Waals surface area contributed by atoms with E-state index in [1.807, 2.05) is 13.8 Å². The first-order valence-corrected chi connectivity index (χ1v) is 7.01. The van der Waals surface area contributed by atoms with Gasteiger partial charge in [-0.2, -0.15) is 13.2 Å². The maximum Gasteiger partial charge on any atom is 0.416 e. The zero-order valence-electron chi connectivity index (χ0n) is 12.6. The molecule has 2 rings (SSSR count). The summed E-state index contributed by atoms with van der Waals surface area (Å²) in [6.07, 6.45) is -4.50. The number of nitro benzene ring substituents is 1. The molecule has 1 fully saturated rings. The lowest BCUT2D eigenvalue weighted by Gasteiger charge is -2.21. The number of alkyl halides is 3. The molecule has 126 valence electrons. The number of rotatable bonds is 4. The highest BCUT2D eigenvalue weighted by Crippen LogP contribution is 2.35. The molecule has 1 aliphatic heterocycles. The second-order valence-electron chi connectivity index (χ2n) is 5.67. The normalized spacial score (nSPS) is 18.6. The SMILES string of the molecule is CC(C)N1C[C@H](Nc2ccc(C(F)(F)F)cc2[N+](=O)[O-])CC1=O. The van der Waals surface area contributed by atoms with Gasteiger partial charge in [0.25, 0.3) is 5.69 Å². The number of hydrogen-bond donors (Lipinski definition) is 1. The van der Waals surface area contributed by atoms with Crippen LogP contribution >= 0.6 is 0 Å². The molecule has 23 heavy (non-hydrogen) atoms. The van der Waals surface area contributed by atoms with Crippen molar-refractivity contribution in [2.45, 2.75) is 38.5 Å². The summed E-state index contributed by atoms with van der Waals surface area (Å²) in [5.74, 6) is -0.0907. The number of amides is 1. The van der Waals surface area contributed by atoms with Gasteiger partial charge in [0.15, 0.2) is 0 Å². The van der Waals surface area contributed by atoms with Crippen molar-refractivity contribution >= 4 is 17.3 Å². The largest absolute Gasteiger partial charge is 0.416 e. The summed E-state index contributed by atoms with van der Waals surface area (Å²) >= 11 is 0. The minimum absolute atomic E-state index is 0.00288. The van der Waals surface area contributed by atoms with Crippen molar-refractivity contribution in [3.63, 3.8) is 0 Å². The minimum Gasteiger partial charge on any atom is -0.374 e. The summed E-state index contributed by atoms with van der Waals surface area (Å²) in [7, 11) is 0. The van der Waals surface area contributed by atoms with Crippen molar-refractivity contribution in [3.8, 4) is 0 Å². The van der Waals surface area contributed by atoms with Gasteiger partial charge in [-0.3, -0.25) is 14.9 Å². The van der Waals surface area contributed by atoms with Gasteiger partial charge >= 0.3 is 6.18 Å². The van der Waals surface area contributed by atoms with E-state index in [-0.39, 0.29) is 30.1 Å². The van der Waals surface area contributed by atoms with Gasteiger partial charge in [0, 0.05) is 25.1 Å². The average molecular weight is 331 g/mol. The van der Waals surface area contributed by atoms with Crippen LogP contribution in [-0.2, 0) is 11.0 Å². The van der Waals surface area contributed by atoms with Crippen LogP contribution in [0.25, 0.3) is 0 Å². The molecule has 1 aromatic rings. The summed E-state index contributed by atoms with van der Waals surface area (Å²) < 4.78 is 38.0. The maximum atomic E-state index is 12.7. The molecular weight excluding hydrogens is 315 g/mol. The number of carbonyl (C=O) groups excluding carboxylic acids is 1. The smallest absolute Gasteiger partial charge is 0.374 e. The molecule has 0 unspecified atom stereocenters. The molecule has 0 aliphatic carbocycles. The zero-order chi connectivity index (χ0) is 17.4. The Morgan fingerprint density at radius 1 is 1.39 bits per heavy atom. The standard InChI is InChI=1S/C14H16F3N3O3/c1-8(2)19-7-10(6-13(19)21)18-11-4-3-9(14(15,16)17)5-12(11)20(22)23/h3-5,8,10,18H,6-7H2,1-2H3/t10-/m1/s1. The lowest BCUT2D eigenvalue weighted by atomic mass is 10.1. The predicted octanol–water partition coefficient (Wildman–Crippen LogP) is 3.03. The Balaban J connectivity index is 2.24. The van der Waals surface area contributed by atoms with Gasteiger partial charge in [-0.15, -0.1) is 0 Å². The van der Waals surface area contributed by atoms with E-state index in [1.54, 1.807) is 4.90 Å². The first-order chi connectivity index (χ1) is 10.6. The number of hydrogen-bond acceptors (Lipinski definition) is 4. The number of benzene rings is 1. The monoisotopic (exact) mass is 331 g/mol. The van der Waals surface area contributed by atoms with E-state index in [4.69, 9.17) is 0 Å². The zero-order valence-corrected chi connectivity index (χ0v) is 12.6. The van der Waals surface area contributed by atoms with Gasteiger partial charge in [0.2, 0.25) is 5.91 Å². The number of carbonyl (C=O) groups is 1. The third kappa shape index (κ3) is 3.72. The molecule has 0 saturated carbocycles. The second-order valence-corrected chi connectivity index (χ2v) is 5.67. The topological polar surface area (TPSA) is 75.5 Å². The highest BCUT2D eigenvalue weighted by atomic mass is 19.4. The third-order valence-electron chi connectivity index (χ3n) is 3.66. The van der Waals surface area contributed by atoms with Crippen molar-refractivity contribution < 1.29 is 22.9 Å². The Hall–Kier alpha value is -2.32. The fourth-order valence-electron chi connectivity index (χ4n) is 2.53. The minimum atomic E-state index is -4.65. The van der Waals surface area contributed by atoms with Crippen molar-refractivity contribution in [1.82, 2.24) is 4.90 Å². The average Bonchev–Trinajstić information content (AvgIpc) is 2.78. The molecule has 1 atom stereocenters. The van der Waals surface area contributed by atoms with Gasteiger partial charge in [-0.05, 0) is 26.0 Å². The van der Waals surface area contributed by atoms with E-state index in [1.165, 1.54) is 0 Å². The molecule has 1 N–H and O–H groups in total. The van der Waals surface area contributed by atoms with Gasteiger partial charge in [-0.1, -0.05) is 0 Å². The Labute approximate surface area is 130 Å². The number of nitro groups is 1. The number of nitrogens with zero attached hydrogens (tertiary/aromatic N) is 2. The first kappa shape index (κ1) is 17.0. The van der Waals surface area contributed by atoms with E-state index < -0.39 is 22.4 Å². The lowest BCUT2D eigenvalue weighted by molar-refractivity contribution is -0.384. The van der Waals surface area contributed by atoms with Crippen LogP contribution in [0.2, 0.25) is 0 Å². The van der Waals surface area contributed by atoms with E-state index in [9.17, 15) is 28.1 Å². The molecule has 9 heteroatoms. The van der Waals surface area contributed by atoms with Crippen molar-refractivity contribution in [2.24, 2.45) is 0 Å². The molecule has 0 spiro atoms. The summed E-state index contributed by atoms with van der Waals surface area (Å²) in [5.41, 5.74) is -1.76. The third-order valence-corrected chi connectivity index (χ3v) is 3.66. The van der Waals surface area contributed by atoms with Crippen molar-refractivity contribution in [2.75, 3.05) is 11.9 Å². The van der Waals surface area contributed by atoms with E-state index >= 15 is 0 Å². The van der Waals surface area contributed by atoms with Crippen LogP contribution in [0.15, 0.2) is 18.2 Å². The molecule has 0 aromatic heterocycles. The molecule has 1 saturated heterocycles. The van der Waals surface area contributed by atoms with Crippen LogP contribution in [0.3, 0.4) is 0 Å². The quantitative estimate of drug-likeness (QED) is 0.680. The Morgan fingerprint density at radius 2 is 2.04 bits per heavy atom. The Bertz CT molecular complexity index is 631. The number of nitrogens with one attached hydrogen (secondary N) is 1. The molecule has 0 radical (unpaired) electrons. The van der Waals surface area contributed by atoms with Gasteiger partial charge in [-0.25, -0.2) is 0 Å². The molecule has 6 nitrogen and oxygen atoms in total. The van der Waals surface area contributed by atoms with Gasteiger partial charge in [0.05, 0.1) is 16.5 Å². The van der Waals surface area contributed by atoms with E-state index in [0.717, 1.165) is 12.1 Å². The maximum absolute atomic E-state index is 12.7. The summed E-state index contributed by atoms with van der Waals surface area (Å²) in [5, 5.41) is 13.8.